The SMILES string of the molecule is CC.CC.CN1CC2C3CCC(C3)C2N1C.CN1CC2CC=CC2N1C.CN1CC2CCC=CC2N1C.CN1CC2CCCC2N1C.CN1CC2CCCC2N1C.CN1CC2CCCCC2N1C.CN1CC2CCCCC2N1C.CN1CC2CCCCCC2N1C.CN1CCCCCN1C.CN1CCCCN1C.CN1Cc2ccccc2CN1C.CN1Cc2ccccc2N1C. The number of nitrogens with zero attached hydrogens (tertiary/aromatic N) is 24. The number of rotatable bonds is 0. The van der Waals surface area contributed by atoms with E-state index in [1.807, 2.05) is 27.7 Å². The van der Waals surface area contributed by atoms with Crippen molar-refractivity contribution in [2.45, 2.75) is 288 Å². The van der Waals surface area contributed by atoms with Crippen molar-refractivity contribution in [3.63, 3.8) is 0 Å². The number of likely N-dealkylation sites (N-methyl/N-ethyl adjacent to an activating group) is 2. The molecule has 752 valence electrons. The normalized spacial score (nSPS) is 35.0. The van der Waals surface area contributed by atoms with Gasteiger partial charge in [-0.1, -0.05) is 159 Å². The van der Waals surface area contributed by atoms with E-state index in [0.717, 1.165) is 115 Å². The minimum absolute atomic E-state index is 0.689. The van der Waals surface area contributed by atoms with Gasteiger partial charge in [-0.3, -0.25) is 0 Å². The van der Waals surface area contributed by atoms with Crippen LogP contribution in [0.2, 0.25) is 0 Å². The molecule has 0 N–H and O–H groups in total. The number of benzene rings is 2. The fraction of sp³-hybridized carbons (Fsp3) is 0.850. The zero-order valence-electron chi connectivity index (χ0n) is 89.9. The zero-order valence-corrected chi connectivity index (χ0v) is 89.9. The lowest BCUT2D eigenvalue weighted by molar-refractivity contribution is -0.00179. The Labute approximate surface area is 806 Å². The Morgan fingerprint density at radius 2 is 0.542 bits per heavy atom. The molecule has 0 amide bonds. The first-order chi connectivity index (χ1) is 63.0. The summed E-state index contributed by atoms with van der Waals surface area (Å²) >= 11 is 0. The van der Waals surface area contributed by atoms with Crippen LogP contribution in [0.1, 0.15) is 237 Å². The lowest BCUT2D eigenvalue weighted by Gasteiger charge is -2.34. The molecule has 24 nitrogen and oxygen atoms in total. The molecule has 0 aromatic heterocycles. The number of allylic oxidation sites excluding steroid dienone is 2. The van der Waals surface area contributed by atoms with Gasteiger partial charge in [0.1, 0.15) is 0 Å². The molecule has 21 aliphatic rings. The lowest BCUT2D eigenvalue weighted by Crippen LogP contribution is -2.41. The maximum atomic E-state index is 2.49. The van der Waals surface area contributed by atoms with Crippen molar-refractivity contribution >= 4 is 5.69 Å². The Bertz CT molecular complexity index is 3440. The molecule has 7 saturated carbocycles. The van der Waals surface area contributed by atoms with Crippen LogP contribution in [0.5, 0.6) is 0 Å². The maximum Gasteiger partial charge on any atom is 0.0564 e. The van der Waals surface area contributed by atoms with E-state index in [4.69, 9.17) is 0 Å². The van der Waals surface area contributed by atoms with E-state index in [0.29, 0.717) is 12.1 Å². The van der Waals surface area contributed by atoms with Gasteiger partial charge in [-0.05, 0) is 210 Å². The summed E-state index contributed by atoms with van der Waals surface area (Å²) in [5.74, 6) is 9.75. The molecule has 12 heterocycles. The molecule has 2 bridgehead atoms. The first kappa shape index (κ1) is 110. The summed E-state index contributed by atoms with van der Waals surface area (Å²) in [6, 6.07) is 23.8. The highest BCUT2D eigenvalue weighted by Crippen LogP contribution is 2.53. The van der Waals surface area contributed by atoms with Gasteiger partial charge in [-0.25, -0.2) is 115 Å². The second-order valence-corrected chi connectivity index (χ2v) is 43.3. The Balaban J connectivity index is 0.000000148. The molecule has 10 saturated heterocycles. The van der Waals surface area contributed by atoms with Crippen LogP contribution in [0.4, 0.5) is 5.69 Å². The average Bonchev–Trinajstić information content (AvgIpc) is 1.59. The molecular weight excluding hydrogens is 1620 g/mol. The van der Waals surface area contributed by atoms with Crippen LogP contribution in [0.25, 0.3) is 0 Å². The highest BCUT2D eigenvalue weighted by atomic mass is 15.7. The standard InChI is InChI=1S/C10H18N2.C10H14N2.C10H20N2.2C9H18N2.C9H16N2.C9H12N2.2C8H16N2.C8H14N2.C7H16N2.C6H14N2.2C2H6/c1-11-6-9-7-3-4-8(5-7)10(9)12(11)2;1-11-7-9-5-3-4-6-10(9)8-12(11)2;1-11-8-9-6-4-3-5-7-10(9)12(11)2;4*1-10-7-8-5-3-4-6-9(8)11(10)2;3*1-9-6-7-4-3-5-8(7)10(9)2;1-8-6-4-3-5-7-9(8)2;1-7-5-3-4-6-8(7)2;2*1-2/h7-10H,3-6H2,1-2H3;3-6H,7-8H2,1-2H3;9-10H,3-8H2,1-2H3;2*8-9H,3-7H2,1-2H3;4,6,8-9H,3,5,7H2,1-2H3;3-6H,7H2,1-2H3;2*7-8H,3-6H2,1-2H3;3,5,7-8H,4,6H2,1-2H3;3-7H2,1-2H3;3-6H2,1-2H3;2*1-2H3. The third kappa shape index (κ3) is 29.7. The molecule has 17 fully saturated rings. The van der Waals surface area contributed by atoms with E-state index in [1.165, 1.54) is 294 Å². The van der Waals surface area contributed by atoms with Crippen molar-refractivity contribution in [2.24, 2.45) is 59.2 Å². The van der Waals surface area contributed by atoms with Crippen molar-refractivity contribution in [2.75, 3.05) is 253 Å². The van der Waals surface area contributed by atoms with Crippen molar-refractivity contribution < 1.29 is 0 Å². The van der Waals surface area contributed by atoms with Crippen LogP contribution in [0.3, 0.4) is 0 Å². The van der Waals surface area contributed by atoms with Gasteiger partial charge in [0, 0.05) is 316 Å². The van der Waals surface area contributed by atoms with Crippen LogP contribution < -0.4 is 5.01 Å². The van der Waals surface area contributed by atoms with E-state index in [1.54, 1.807) is 0 Å². The smallest absolute Gasteiger partial charge is 0.0564 e. The predicted molar refractivity (Wildman–Crippen MR) is 554 cm³/mol. The van der Waals surface area contributed by atoms with E-state index in [9.17, 15) is 0 Å². The van der Waals surface area contributed by atoms with Crippen LogP contribution >= 0.6 is 0 Å². The molecule has 18 atom stereocenters. The summed E-state index contributed by atoms with van der Waals surface area (Å²) in [5, 5.41) is 56.2. The van der Waals surface area contributed by atoms with Gasteiger partial charge in [0.2, 0.25) is 0 Å². The second-order valence-electron chi connectivity index (χ2n) is 43.3. The lowest BCUT2D eigenvalue weighted by atomic mass is 9.86. The van der Waals surface area contributed by atoms with Gasteiger partial charge in [-0.15, -0.1) is 0 Å². The summed E-state index contributed by atoms with van der Waals surface area (Å²) < 4.78 is 0. The number of hydrazine groups is 12. The van der Waals surface area contributed by atoms with Crippen molar-refractivity contribution in [1.29, 1.82) is 0 Å². The molecular formula is C107H204N24. The largest absolute Gasteiger partial charge is 0.308 e. The summed E-state index contributed by atoms with van der Waals surface area (Å²) in [6.07, 6.45) is 52.1. The Kier molecular flexibility index (Phi) is 45.7. The first-order valence-electron chi connectivity index (χ1n) is 53.7. The van der Waals surface area contributed by atoms with Crippen molar-refractivity contribution in [1.82, 2.24) is 115 Å². The summed E-state index contributed by atoms with van der Waals surface area (Å²) in [5.41, 5.74) is 5.66. The molecule has 0 spiro atoms. The third-order valence-electron chi connectivity index (χ3n) is 35.5. The monoisotopic (exact) mass is 1830 g/mol. The molecule has 23 rings (SSSR count). The number of anilines is 1. The summed E-state index contributed by atoms with van der Waals surface area (Å²) in [4.78, 5) is 0. The maximum absolute atomic E-state index is 2.49. The number of fused-ring (bicyclic) bond motifs is 14. The van der Waals surface area contributed by atoms with Crippen LogP contribution in [0.15, 0.2) is 72.8 Å². The topological polar surface area (TPSA) is 77.8 Å². The molecule has 24 heteroatoms. The van der Waals surface area contributed by atoms with E-state index in [-0.39, 0.29) is 0 Å². The van der Waals surface area contributed by atoms with Crippen LogP contribution in [0, 0.1) is 59.2 Å². The molecule has 12 aliphatic heterocycles. The van der Waals surface area contributed by atoms with Gasteiger partial charge in [0.05, 0.1) is 5.69 Å². The average molecular weight is 1830 g/mol. The molecule has 0 radical (unpaired) electrons. The first-order valence-corrected chi connectivity index (χ1v) is 53.7. The van der Waals surface area contributed by atoms with Crippen molar-refractivity contribution in [3.05, 3.63) is 89.5 Å². The highest BCUT2D eigenvalue weighted by Gasteiger charge is 2.54. The van der Waals surface area contributed by atoms with Crippen molar-refractivity contribution in [3.8, 4) is 0 Å². The Morgan fingerprint density at radius 1 is 0.229 bits per heavy atom. The number of hydrogen-bond acceptors (Lipinski definition) is 24. The van der Waals surface area contributed by atoms with Crippen LogP contribution in [-0.4, -0.2) is 411 Å². The highest BCUT2D eigenvalue weighted by molar-refractivity contribution is 5.55. The minimum Gasteiger partial charge on any atom is -0.308 e. The van der Waals surface area contributed by atoms with Gasteiger partial charge in [0.25, 0.3) is 0 Å². The Hall–Kier alpha value is -3.20. The van der Waals surface area contributed by atoms with E-state index < -0.39 is 0 Å². The zero-order chi connectivity index (χ0) is 94.9. The quantitative estimate of drug-likeness (QED) is 0.235. The van der Waals surface area contributed by atoms with E-state index in [2.05, 4.69) is 362 Å². The number of hydrogen-bond donors (Lipinski definition) is 0. The predicted octanol–water partition coefficient (Wildman–Crippen LogP) is 15.8. The van der Waals surface area contributed by atoms with Gasteiger partial charge >= 0.3 is 0 Å². The van der Waals surface area contributed by atoms with E-state index >= 15 is 0 Å². The Morgan fingerprint density at radius 3 is 0.954 bits per heavy atom. The molecule has 9 aliphatic carbocycles. The number of para-hydroxylation sites is 1. The fourth-order valence-corrected chi connectivity index (χ4v) is 26.3. The molecule has 2 aromatic carbocycles. The molecule has 18 unspecified atom stereocenters. The molecule has 131 heavy (non-hydrogen) atoms. The fourth-order valence-electron chi connectivity index (χ4n) is 26.3. The summed E-state index contributed by atoms with van der Waals surface area (Å²) in [6.45, 7) is 26.3. The molecule has 2 aromatic rings. The third-order valence-corrected chi connectivity index (χ3v) is 35.5. The second kappa shape index (κ2) is 54.5. The van der Waals surface area contributed by atoms with Gasteiger partial charge in [0.15, 0.2) is 0 Å². The van der Waals surface area contributed by atoms with Gasteiger partial charge < -0.3 is 5.01 Å². The van der Waals surface area contributed by atoms with Crippen LogP contribution in [-0.2, 0) is 19.6 Å². The minimum atomic E-state index is 0.689. The summed E-state index contributed by atoms with van der Waals surface area (Å²) in [7, 11) is 52.4. The van der Waals surface area contributed by atoms with Gasteiger partial charge in [-0.2, -0.15) is 0 Å².